The second-order valence-electron chi connectivity index (χ2n) is 3.47. The number of para-hydroxylation sites is 1. The summed E-state index contributed by atoms with van der Waals surface area (Å²) >= 11 is 0. The maximum Gasteiger partial charge on any atom is 0.177 e. The lowest BCUT2D eigenvalue weighted by Gasteiger charge is -2.09. The standard InChI is InChI=1S/C12H18FNO3/c1-15-8-9-16-6-3-7-17-12-10(13)4-2-5-11(12)14/h2,4-5H,3,6-9,14H2,1H3. The molecule has 17 heavy (non-hydrogen) atoms. The molecule has 0 atom stereocenters. The van der Waals surface area contributed by atoms with Crippen molar-refractivity contribution in [3.63, 3.8) is 0 Å². The van der Waals surface area contributed by atoms with Crippen LogP contribution in [0.4, 0.5) is 10.1 Å². The summed E-state index contributed by atoms with van der Waals surface area (Å²) < 4.78 is 28.6. The van der Waals surface area contributed by atoms with Crippen molar-refractivity contribution in [2.45, 2.75) is 6.42 Å². The molecule has 0 aliphatic rings. The van der Waals surface area contributed by atoms with E-state index in [0.717, 1.165) is 0 Å². The van der Waals surface area contributed by atoms with E-state index in [9.17, 15) is 4.39 Å². The fourth-order valence-electron chi connectivity index (χ4n) is 1.26. The van der Waals surface area contributed by atoms with E-state index >= 15 is 0 Å². The Morgan fingerprint density at radius 1 is 1.18 bits per heavy atom. The number of ether oxygens (including phenoxy) is 3. The Morgan fingerprint density at radius 3 is 2.71 bits per heavy atom. The van der Waals surface area contributed by atoms with E-state index < -0.39 is 5.82 Å². The van der Waals surface area contributed by atoms with E-state index in [1.165, 1.54) is 6.07 Å². The van der Waals surface area contributed by atoms with Crippen molar-refractivity contribution in [1.82, 2.24) is 0 Å². The van der Waals surface area contributed by atoms with Crippen molar-refractivity contribution in [2.24, 2.45) is 0 Å². The van der Waals surface area contributed by atoms with Crippen LogP contribution in [0.1, 0.15) is 6.42 Å². The van der Waals surface area contributed by atoms with Crippen LogP contribution in [0.3, 0.4) is 0 Å². The van der Waals surface area contributed by atoms with Crippen LogP contribution in [0, 0.1) is 5.82 Å². The maximum atomic E-state index is 13.3. The summed E-state index contributed by atoms with van der Waals surface area (Å²) in [4.78, 5) is 0. The molecule has 0 saturated carbocycles. The molecule has 1 aromatic rings. The van der Waals surface area contributed by atoms with Gasteiger partial charge in [0.1, 0.15) is 0 Å². The molecule has 4 nitrogen and oxygen atoms in total. The normalized spacial score (nSPS) is 10.5. The zero-order chi connectivity index (χ0) is 12.5. The number of nitrogens with two attached hydrogens (primary N) is 1. The first kappa shape index (κ1) is 13.7. The number of rotatable bonds is 8. The number of methoxy groups -OCH3 is 1. The second kappa shape index (κ2) is 7.86. The molecule has 2 N–H and O–H groups in total. The van der Waals surface area contributed by atoms with Gasteiger partial charge < -0.3 is 19.9 Å². The van der Waals surface area contributed by atoms with Crippen LogP contribution in [0.15, 0.2) is 18.2 Å². The van der Waals surface area contributed by atoms with Crippen LogP contribution < -0.4 is 10.5 Å². The summed E-state index contributed by atoms with van der Waals surface area (Å²) in [6, 6.07) is 4.47. The Balaban J connectivity index is 2.18. The summed E-state index contributed by atoms with van der Waals surface area (Å²) in [6.45, 7) is 2.05. The van der Waals surface area contributed by atoms with Crippen molar-refractivity contribution in [3.05, 3.63) is 24.0 Å². The molecule has 0 aliphatic heterocycles. The lowest BCUT2D eigenvalue weighted by atomic mass is 10.3. The molecular weight excluding hydrogens is 225 g/mol. The molecule has 0 radical (unpaired) electrons. The van der Waals surface area contributed by atoms with E-state index in [1.54, 1.807) is 19.2 Å². The zero-order valence-electron chi connectivity index (χ0n) is 9.95. The summed E-state index contributed by atoms with van der Waals surface area (Å²) in [5.74, 6) is -0.324. The molecule has 0 saturated heterocycles. The minimum absolute atomic E-state index is 0.115. The summed E-state index contributed by atoms with van der Waals surface area (Å²) in [5, 5.41) is 0. The first-order valence-electron chi connectivity index (χ1n) is 5.49. The molecule has 0 heterocycles. The smallest absolute Gasteiger partial charge is 0.177 e. The predicted octanol–water partition coefficient (Wildman–Crippen LogP) is 1.84. The third kappa shape index (κ3) is 5.01. The van der Waals surface area contributed by atoms with Gasteiger partial charge in [0, 0.05) is 20.1 Å². The van der Waals surface area contributed by atoms with Crippen molar-refractivity contribution < 1.29 is 18.6 Å². The predicted molar refractivity (Wildman–Crippen MR) is 63.6 cm³/mol. The number of anilines is 1. The van der Waals surface area contributed by atoms with E-state index in [1.807, 2.05) is 0 Å². The molecule has 5 heteroatoms. The number of benzene rings is 1. The monoisotopic (exact) mass is 243 g/mol. The number of hydrogen-bond donors (Lipinski definition) is 1. The largest absolute Gasteiger partial charge is 0.488 e. The van der Waals surface area contributed by atoms with Gasteiger partial charge in [-0.1, -0.05) is 6.07 Å². The van der Waals surface area contributed by atoms with Gasteiger partial charge in [-0.15, -0.1) is 0 Å². The quantitative estimate of drug-likeness (QED) is 0.559. The van der Waals surface area contributed by atoms with E-state index in [2.05, 4.69) is 0 Å². The Morgan fingerprint density at radius 2 is 2.00 bits per heavy atom. The van der Waals surface area contributed by atoms with Crippen LogP contribution in [-0.2, 0) is 9.47 Å². The van der Waals surface area contributed by atoms with Gasteiger partial charge in [-0.25, -0.2) is 4.39 Å². The fraction of sp³-hybridized carbons (Fsp3) is 0.500. The van der Waals surface area contributed by atoms with Gasteiger partial charge in [0.15, 0.2) is 11.6 Å². The maximum absolute atomic E-state index is 13.3. The van der Waals surface area contributed by atoms with Gasteiger partial charge in [-0.05, 0) is 12.1 Å². The minimum atomic E-state index is -0.440. The first-order chi connectivity index (χ1) is 8.25. The molecule has 1 rings (SSSR count). The molecule has 0 aliphatic carbocycles. The van der Waals surface area contributed by atoms with Crippen molar-refractivity contribution in [2.75, 3.05) is 39.3 Å². The fourth-order valence-corrected chi connectivity index (χ4v) is 1.26. The molecule has 0 unspecified atom stereocenters. The van der Waals surface area contributed by atoms with Gasteiger partial charge in [0.25, 0.3) is 0 Å². The number of halogens is 1. The molecule has 0 spiro atoms. The van der Waals surface area contributed by atoms with Crippen molar-refractivity contribution >= 4 is 5.69 Å². The highest BCUT2D eigenvalue weighted by Crippen LogP contribution is 2.24. The van der Waals surface area contributed by atoms with Crippen molar-refractivity contribution in [1.29, 1.82) is 0 Å². The molecule has 0 amide bonds. The zero-order valence-corrected chi connectivity index (χ0v) is 9.95. The van der Waals surface area contributed by atoms with Gasteiger partial charge >= 0.3 is 0 Å². The van der Waals surface area contributed by atoms with E-state index in [0.29, 0.717) is 38.5 Å². The average Bonchev–Trinajstić information content (AvgIpc) is 2.31. The first-order valence-corrected chi connectivity index (χ1v) is 5.49. The van der Waals surface area contributed by atoms with Gasteiger partial charge in [-0.2, -0.15) is 0 Å². The molecular formula is C12H18FNO3. The SMILES string of the molecule is COCCOCCCOc1c(N)cccc1F. The average molecular weight is 243 g/mol. The summed E-state index contributed by atoms with van der Waals surface area (Å²) in [5.41, 5.74) is 5.90. The van der Waals surface area contributed by atoms with Crippen LogP contribution in [0.5, 0.6) is 5.75 Å². The Hall–Kier alpha value is -1.33. The van der Waals surface area contributed by atoms with E-state index in [4.69, 9.17) is 19.9 Å². The Labute approximate surface area is 100 Å². The Bertz CT molecular complexity index is 313. The molecule has 0 aromatic heterocycles. The van der Waals surface area contributed by atoms with Crippen LogP contribution in [0.2, 0.25) is 0 Å². The lowest BCUT2D eigenvalue weighted by molar-refractivity contribution is 0.0642. The lowest BCUT2D eigenvalue weighted by Crippen LogP contribution is -2.08. The second-order valence-corrected chi connectivity index (χ2v) is 3.47. The molecule has 96 valence electrons. The number of hydrogen-bond acceptors (Lipinski definition) is 4. The van der Waals surface area contributed by atoms with Gasteiger partial charge in [0.05, 0.1) is 25.5 Å². The molecule has 0 fully saturated rings. The third-order valence-electron chi connectivity index (χ3n) is 2.11. The van der Waals surface area contributed by atoms with Crippen LogP contribution >= 0.6 is 0 Å². The highest BCUT2D eigenvalue weighted by atomic mass is 19.1. The van der Waals surface area contributed by atoms with Crippen LogP contribution in [-0.4, -0.2) is 33.5 Å². The van der Waals surface area contributed by atoms with Crippen molar-refractivity contribution in [3.8, 4) is 5.75 Å². The van der Waals surface area contributed by atoms with E-state index in [-0.39, 0.29) is 5.75 Å². The highest BCUT2D eigenvalue weighted by Gasteiger charge is 2.06. The summed E-state index contributed by atoms with van der Waals surface area (Å²) in [7, 11) is 1.62. The Kier molecular flexibility index (Phi) is 6.35. The minimum Gasteiger partial charge on any atom is -0.488 e. The molecule has 1 aromatic carbocycles. The van der Waals surface area contributed by atoms with Crippen LogP contribution in [0.25, 0.3) is 0 Å². The molecule has 0 bridgehead atoms. The topological polar surface area (TPSA) is 53.7 Å². The van der Waals surface area contributed by atoms with Gasteiger partial charge in [0.2, 0.25) is 0 Å². The number of nitrogen functional groups attached to an aromatic ring is 1. The summed E-state index contributed by atoms with van der Waals surface area (Å²) in [6.07, 6.45) is 0.678. The van der Waals surface area contributed by atoms with Gasteiger partial charge in [-0.3, -0.25) is 0 Å². The third-order valence-corrected chi connectivity index (χ3v) is 2.11. The highest BCUT2D eigenvalue weighted by molar-refractivity contribution is 5.52.